The van der Waals surface area contributed by atoms with Gasteiger partial charge in [-0.1, -0.05) is 176 Å². The number of hydrogen-bond acceptors (Lipinski definition) is 3. The number of para-hydroxylation sites is 3. The maximum Gasteiger partial charge on any atom is 0.240 e. The van der Waals surface area contributed by atoms with Gasteiger partial charge in [-0.15, -0.1) is 0 Å². The van der Waals surface area contributed by atoms with Crippen LogP contribution in [0.5, 0.6) is 0 Å². The Bertz CT molecular complexity index is 3760. The molecule has 0 fully saturated rings. The van der Waals surface area contributed by atoms with Gasteiger partial charge in [-0.2, -0.15) is 15.0 Å². The molecular formula is C58H35N5. The van der Waals surface area contributed by atoms with Gasteiger partial charge in [0.1, 0.15) is 0 Å². The lowest BCUT2D eigenvalue weighted by molar-refractivity contribution is 0.794. The van der Waals surface area contributed by atoms with E-state index in [4.69, 9.17) is 15.0 Å². The van der Waals surface area contributed by atoms with Crippen LogP contribution in [-0.2, 0) is 5.41 Å². The topological polar surface area (TPSA) is 48.5 Å². The van der Waals surface area contributed by atoms with Crippen LogP contribution in [-0.4, -0.2) is 24.1 Å². The van der Waals surface area contributed by atoms with E-state index in [-0.39, 0.29) is 0 Å². The average Bonchev–Trinajstić information content (AvgIpc) is 4.06. The fraction of sp³-hybridized carbons (Fsp3) is 0.0172. The van der Waals surface area contributed by atoms with E-state index in [0.717, 1.165) is 54.7 Å². The van der Waals surface area contributed by atoms with Gasteiger partial charge in [-0.3, -0.25) is 9.13 Å². The van der Waals surface area contributed by atoms with Gasteiger partial charge in [0.15, 0.2) is 5.82 Å². The second-order valence-electron chi connectivity index (χ2n) is 16.7. The smallest absolute Gasteiger partial charge is 0.240 e. The first kappa shape index (κ1) is 34.3. The normalized spacial score (nSPS) is 13.2. The summed E-state index contributed by atoms with van der Waals surface area (Å²) in [5.41, 5.74) is 17.6. The number of rotatable bonds is 4. The minimum atomic E-state index is -0.404. The minimum Gasteiger partial charge on any atom is -0.278 e. The van der Waals surface area contributed by atoms with Gasteiger partial charge in [-0.25, -0.2) is 0 Å². The zero-order valence-corrected chi connectivity index (χ0v) is 33.9. The van der Waals surface area contributed by atoms with Gasteiger partial charge in [0.2, 0.25) is 11.9 Å². The van der Waals surface area contributed by atoms with Crippen LogP contribution in [0.2, 0.25) is 0 Å². The molecule has 0 unspecified atom stereocenters. The molecule has 2 aliphatic rings. The van der Waals surface area contributed by atoms with Crippen LogP contribution in [0.1, 0.15) is 22.3 Å². The highest BCUT2D eigenvalue weighted by molar-refractivity contribution is 6.11. The Hall–Kier alpha value is -8.41. The summed E-state index contributed by atoms with van der Waals surface area (Å²) in [6, 6.07) is 76.8. The summed E-state index contributed by atoms with van der Waals surface area (Å²) < 4.78 is 4.38. The van der Waals surface area contributed by atoms with Crippen molar-refractivity contribution in [3.63, 3.8) is 0 Å². The zero-order valence-electron chi connectivity index (χ0n) is 33.9. The van der Waals surface area contributed by atoms with Crippen molar-refractivity contribution in [2.45, 2.75) is 5.41 Å². The van der Waals surface area contributed by atoms with E-state index in [0.29, 0.717) is 17.7 Å². The first-order valence-electron chi connectivity index (χ1n) is 21.5. The van der Waals surface area contributed by atoms with E-state index in [9.17, 15) is 0 Å². The van der Waals surface area contributed by atoms with Crippen LogP contribution < -0.4 is 0 Å². The second kappa shape index (κ2) is 12.8. The van der Waals surface area contributed by atoms with E-state index in [1.165, 1.54) is 50.1 Å². The monoisotopic (exact) mass is 801 g/mol. The van der Waals surface area contributed by atoms with E-state index >= 15 is 0 Å². The molecule has 12 aromatic rings. The largest absolute Gasteiger partial charge is 0.278 e. The maximum absolute atomic E-state index is 5.37. The molecule has 63 heavy (non-hydrogen) atoms. The van der Waals surface area contributed by atoms with Crippen LogP contribution in [0, 0.1) is 0 Å². The fourth-order valence-electron chi connectivity index (χ4n) is 11.1. The SMILES string of the molecule is c1ccc(-c2nc(-n3c4ccccc4c4ccccc43)nc(-n3c4ccccc4c4cc(-c5ccc6c(c5)C5(c7ccccc7-c7ccccc75)c5ccccc5-6)ccc43)n2)cc1. The molecule has 3 aromatic heterocycles. The van der Waals surface area contributed by atoms with Crippen LogP contribution in [0.25, 0.3) is 100 Å². The van der Waals surface area contributed by atoms with Crippen molar-refractivity contribution < 1.29 is 0 Å². The number of benzene rings is 9. The molecule has 0 aliphatic heterocycles. The van der Waals surface area contributed by atoms with Crippen molar-refractivity contribution >= 4 is 43.6 Å². The molecule has 292 valence electrons. The third-order valence-electron chi connectivity index (χ3n) is 13.6. The minimum absolute atomic E-state index is 0.404. The van der Waals surface area contributed by atoms with Gasteiger partial charge >= 0.3 is 0 Å². The van der Waals surface area contributed by atoms with Crippen LogP contribution in [0.3, 0.4) is 0 Å². The Kier molecular flexibility index (Phi) is 6.97. The van der Waals surface area contributed by atoms with Crippen molar-refractivity contribution in [3.05, 3.63) is 235 Å². The molecule has 0 saturated heterocycles. The number of fused-ring (bicyclic) bond motifs is 16. The van der Waals surface area contributed by atoms with E-state index in [1.807, 2.05) is 18.2 Å². The van der Waals surface area contributed by atoms with Crippen molar-refractivity contribution in [2.75, 3.05) is 0 Å². The van der Waals surface area contributed by atoms with Crippen molar-refractivity contribution in [1.29, 1.82) is 0 Å². The highest BCUT2D eigenvalue weighted by Crippen LogP contribution is 2.63. The molecule has 5 nitrogen and oxygen atoms in total. The molecule has 3 heterocycles. The van der Waals surface area contributed by atoms with Crippen molar-refractivity contribution in [2.24, 2.45) is 0 Å². The fourth-order valence-corrected chi connectivity index (χ4v) is 11.1. The summed E-state index contributed by atoms with van der Waals surface area (Å²) in [5.74, 6) is 1.75. The Morgan fingerprint density at radius 3 is 1.25 bits per heavy atom. The molecule has 0 N–H and O–H groups in total. The highest BCUT2D eigenvalue weighted by Gasteiger charge is 2.51. The maximum atomic E-state index is 5.37. The molecule has 0 saturated carbocycles. The number of nitrogens with zero attached hydrogens (tertiary/aromatic N) is 5. The first-order valence-corrected chi connectivity index (χ1v) is 21.5. The average molecular weight is 802 g/mol. The molecule has 0 atom stereocenters. The summed E-state index contributed by atoms with van der Waals surface area (Å²) in [6.45, 7) is 0. The third-order valence-corrected chi connectivity index (χ3v) is 13.6. The summed E-state index contributed by atoms with van der Waals surface area (Å²) in [4.78, 5) is 15.8. The van der Waals surface area contributed by atoms with Crippen LogP contribution in [0.4, 0.5) is 0 Å². The lowest BCUT2D eigenvalue weighted by Crippen LogP contribution is -2.25. The third kappa shape index (κ3) is 4.63. The molecule has 9 aromatic carbocycles. The lowest BCUT2D eigenvalue weighted by Gasteiger charge is -2.30. The Balaban J connectivity index is 0.988. The Morgan fingerprint density at radius 1 is 0.286 bits per heavy atom. The molecule has 0 bridgehead atoms. The van der Waals surface area contributed by atoms with Crippen molar-refractivity contribution in [1.82, 2.24) is 24.1 Å². The standard InChI is InChI=1S/C58H35N5/c1-2-16-36(17-3-1)55-59-56(62-51-27-13-7-21-43(51)44-22-8-14-28-52(44)62)61-57(60-55)63-53-29-15-9-23-45(53)46-34-37(31-33-54(46)63)38-30-32-42-41-20-6-12-26-49(41)58(50(42)35-38)47-24-10-4-18-39(47)40-19-5-11-25-48(40)58/h1-35H. The molecule has 14 rings (SSSR count). The quantitative estimate of drug-likeness (QED) is 0.178. The molecule has 2 aliphatic carbocycles. The van der Waals surface area contributed by atoms with Crippen molar-refractivity contribution in [3.8, 4) is 56.7 Å². The van der Waals surface area contributed by atoms with E-state index in [2.05, 4.69) is 203 Å². The number of hydrogen-bond donors (Lipinski definition) is 0. The molecular weight excluding hydrogens is 767 g/mol. The van der Waals surface area contributed by atoms with Crippen LogP contribution >= 0.6 is 0 Å². The second-order valence-corrected chi connectivity index (χ2v) is 16.7. The molecule has 1 spiro atoms. The summed E-state index contributed by atoms with van der Waals surface area (Å²) in [6.07, 6.45) is 0. The first-order chi connectivity index (χ1) is 31.3. The van der Waals surface area contributed by atoms with Gasteiger partial charge in [0, 0.05) is 27.1 Å². The van der Waals surface area contributed by atoms with Gasteiger partial charge in [0.25, 0.3) is 0 Å². The summed E-state index contributed by atoms with van der Waals surface area (Å²) in [7, 11) is 0. The van der Waals surface area contributed by atoms with Gasteiger partial charge < -0.3 is 0 Å². The lowest BCUT2D eigenvalue weighted by atomic mass is 9.70. The van der Waals surface area contributed by atoms with Gasteiger partial charge in [0.05, 0.1) is 27.5 Å². The zero-order chi connectivity index (χ0) is 41.2. The van der Waals surface area contributed by atoms with Crippen LogP contribution in [0.15, 0.2) is 212 Å². The van der Waals surface area contributed by atoms with E-state index < -0.39 is 5.41 Å². The summed E-state index contributed by atoms with van der Waals surface area (Å²) >= 11 is 0. The summed E-state index contributed by atoms with van der Waals surface area (Å²) in [5, 5.41) is 4.59. The Morgan fingerprint density at radius 2 is 0.698 bits per heavy atom. The van der Waals surface area contributed by atoms with E-state index in [1.54, 1.807) is 0 Å². The molecule has 0 amide bonds. The molecule has 0 radical (unpaired) electrons. The predicted octanol–water partition coefficient (Wildman–Crippen LogP) is 13.7. The predicted molar refractivity (Wildman–Crippen MR) is 256 cm³/mol. The molecule has 5 heteroatoms. The Labute approximate surface area is 362 Å². The van der Waals surface area contributed by atoms with Gasteiger partial charge in [-0.05, 0) is 92.0 Å². The highest BCUT2D eigenvalue weighted by atomic mass is 15.3. The number of aromatic nitrogens is 5.